The Labute approximate surface area is 143 Å². The Bertz CT molecular complexity index is 559. The van der Waals surface area contributed by atoms with Gasteiger partial charge in [-0.15, -0.1) is 0 Å². The van der Waals surface area contributed by atoms with Crippen LogP contribution in [0.15, 0.2) is 0 Å². The summed E-state index contributed by atoms with van der Waals surface area (Å²) in [5, 5.41) is 5.53. The van der Waals surface area contributed by atoms with E-state index in [4.69, 9.17) is 9.47 Å². The normalized spacial score (nSPS) is 10.2. The Hall–Kier alpha value is -2.24. The van der Waals surface area contributed by atoms with Gasteiger partial charge in [-0.05, 0) is 74.9 Å². The standard InChI is InChI=1S/C18H28N2O4/c1-7-23-17(21)19-9-15-13(5)11(3)12(4)14(6)16(15)10-20-18(22)24-8-2/h7-10H2,1-6H3,(H,19,21)(H,20,22). The van der Waals surface area contributed by atoms with Gasteiger partial charge in [0.05, 0.1) is 13.2 Å². The molecule has 0 fully saturated rings. The second kappa shape index (κ2) is 9.15. The quantitative estimate of drug-likeness (QED) is 0.834. The van der Waals surface area contributed by atoms with Gasteiger partial charge in [0.15, 0.2) is 0 Å². The first-order chi connectivity index (χ1) is 11.3. The number of carbonyl (C=O) groups is 2. The van der Waals surface area contributed by atoms with Crippen molar-refractivity contribution in [2.24, 2.45) is 0 Å². The molecule has 2 amide bonds. The number of amides is 2. The lowest BCUT2D eigenvalue weighted by atomic mass is 9.88. The fourth-order valence-electron chi connectivity index (χ4n) is 2.63. The van der Waals surface area contributed by atoms with E-state index in [-0.39, 0.29) is 0 Å². The Morgan fingerprint density at radius 2 is 1.04 bits per heavy atom. The number of hydrogen-bond donors (Lipinski definition) is 2. The van der Waals surface area contributed by atoms with E-state index in [1.54, 1.807) is 13.8 Å². The zero-order valence-electron chi connectivity index (χ0n) is 15.5. The molecule has 0 atom stereocenters. The molecule has 0 radical (unpaired) electrons. The van der Waals surface area contributed by atoms with Crippen molar-refractivity contribution < 1.29 is 19.1 Å². The number of benzene rings is 1. The van der Waals surface area contributed by atoms with Gasteiger partial charge in [-0.25, -0.2) is 9.59 Å². The maximum absolute atomic E-state index is 11.6. The molecule has 0 unspecified atom stereocenters. The van der Waals surface area contributed by atoms with E-state index in [0.29, 0.717) is 26.3 Å². The Kier molecular flexibility index (Phi) is 7.55. The molecule has 1 rings (SSSR count). The first kappa shape index (κ1) is 19.8. The molecule has 0 aliphatic carbocycles. The molecule has 0 bridgehead atoms. The average Bonchev–Trinajstić information content (AvgIpc) is 2.54. The molecule has 6 heteroatoms. The van der Waals surface area contributed by atoms with E-state index in [2.05, 4.69) is 24.5 Å². The zero-order valence-corrected chi connectivity index (χ0v) is 15.5. The predicted molar refractivity (Wildman–Crippen MR) is 93.1 cm³/mol. The van der Waals surface area contributed by atoms with Crippen molar-refractivity contribution >= 4 is 12.2 Å². The summed E-state index contributed by atoms with van der Waals surface area (Å²) in [6.45, 7) is 13.1. The van der Waals surface area contributed by atoms with E-state index >= 15 is 0 Å². The van der Waals surface area contributed by atoms with Crippen LogP contribution in [0.2, 0.25) is 0 Å². The van der Waals surface area contributed by atoms with E-state index in [0.717, 1.165) is 22.3 Å². The molecule has 0 aliphatic heterocycles. The van der Waals surface area contributed by atoms with E-state index in [9.17, 15) is 9.59 Å². The van der Waals surface area contributed by atoms with Gasteiger partial charge in [0.25, 0.3) is 0 Å². The highest BCUT2D eigenvalue weighted by Gasteiger charge is 2.16. The van der Waals surface area contributed by atoms with Crippen molar-refractivity contribution in [1.29, 1.82) is 0 Å². The smallest absolute Gasteiger partial charge is 0.407 e. The fraction of sp³-hybridized carbons (Fsp3) is 0.556. The molecule has 0 saturated carbocycles. The minimum atomic E-state index is -0.447. The molecule has 2 N–H and O–H groups in total. The van der Waals surface area contributed by atoms with Crippen LogP contribution in [0.1, 0.15) is 47.2 Å². The zero-order chi connectivity index (χ0) is 18.3. The van der Waals surface area contributed by atoms with Gasteiger partial charge in [-0.3, -0.25) is 0 Å². The molecule has 0 aliphatic rings. The number of rotatable bonds is 6. The van der Waals surface area contributed by atoms with Crippen LogP contribution in [0, 0.1) is 27.7 Å². The first-order valence-corrected chi connectivity index (χ1v) is 8.22. The third-order valence-corrected chi connectivity index (χ3v) is 4.33. The maximum atomic E-state index is 11.6. The average molecular weight is 336 g/mol. The molecular formula is C18H28N2O4. The number of hydrogen-bond acceptors (Lipinski definition) is 4. The van der Waals surface area contributed by atoms with Crippen molar-refractivity contribution in [3.8, 4) is 0 Å². The number of carbonyl (C=O) groups excluding carboxylic acids is 2. The Morgan fingerprint density at radius 1 is 0.708 bits per heavy atom. The molecular weight excluding hydrogens is 308 g/mol. The van der Waals surface area contributed by atoms with Crippen molar-refractivity contribution in [1.82, 2.24) is 10.6 Å². The minimum absolute atomic E-state index is 0.327. The number of alkyl carbamates (subject to hydrolysis) is 2. The summed E-state index contributed by atoms with van der Waals surface area (Å²) in [5.74, 6) is 0. The molecule has 0 saturated heterocycles. The molecule has 24 heavy (non-hydrogen) atoms. The summed E-state index contributed by atoms with van der Waals surface area (Å²) >= 11 is 0. The SMILES string of the molecule is CCOC(=O)NCc1c(C)c(C)c(C)c(C)c1CNC(=O)OCC. The molecule has 6 nitrogen and oxygen atoms in total. The van der Waals surface area contributed by atoms with Crippen LogP contribution in [0.3, 0.4) is 0 Å². The molecule has 1 aromatic carbocycles. The van der Waals surface area contributed by atoms with Crippen LogP contribution in [-0.4, -0.2) is 25.4 Å². The lowest BCUT2D eigenvalue weighted by Gasteiger charge is -2.21. The van der Waals surface area contributed by atoms with Crippen molar-refractivity contribution in [2.75, 3.05) is 13.2 Å². The van der Waals surface area contributed by atoms with Gasteiger partial charge in [0, 0.05) is 13.1 Å². The summed E-state index contributed by atoms with van der Waals surface area (Å²) in [6, 6.07) is 0. The highest BCUT2D eigenvalue weighted by Crippen LogP contribution is 2.26. The summed E-state index contributed by atoms with van der Waals surface area (Å²) in [5.41, 5.74) is 6.59. The Balaban J connectivity index is 3.09. The molecule has 1 aromatic rings. The molecule has 0 aromatic heterocycles. The van der Waals surface area contributed by atoms with Crippen LogP contribution in [0.25, 0.3) is 0 Å². The van der Waals surface area contributed by atoms with E-state index in [1.807, 2.05) is 13.8 Å². The van der Waals surface area contributed by atoms with Gasteiger partial charge in [0.2, 0.25) is 0 Å². The van der Waals surface area contributed by atoms with Crippen LogP contribution in [0.5, 0.6) is 0 Å². The molecule has 0 heterocycles. The third-order valence-electron chi connectivity index (χ3n) is 4.33. The monoisotopic (exact) mass is 336 g/mol. The van der Waals surface area contributed by atoms with Crippen molar-refractivity contribution in [3.05, 3.63) is 33.4 Å². The number of ether oxygens (including phenoxy) is 2. The van der Waals surface area contributed by atoms with Crippen molar-refractivity contribution in [3.63, 3.8) is 0 Å². The highest BCUT2D eigenvalue weighted by molar-refractivity contribution is 5.68. The van der Waals surface area contributed by atoms with Crippen LogP contribution >= 0.6 is 0 Å². The molecule has 0 spiro atoms. The van der Waals surface area contributed by atoms with E-state index in [1.165, 1.54) is 11.1 Å². The summed E-state index contributed by atoms with van der Waals surface area (Å²) < 4.78 is 9.84. The Morgan fingerprint density at radius 3 is 1.33 bits per heavy atom. The second-order valence-corrected chi connectivity index (χ2v) is 5.61. The summed E-state index contributed by atoms with van der Waals surface area (Å²) in [4.78, 5) is 23.2. The largest absolute Gasteiger partial charge is 0.450 e. The highest BCUT2D eigenvalue weighted by atomic mass is 16.6. The third kappa shape index (κ3) is 4.88. The molecule has 134 valence electrons. The van der Waals surface area contributed by atoms with Gasteiger partial charge >= 0.3 is 12.2 Å². The van der Waals surface area contributed by atoms with Gasteiger partial charge < -0.3 is 20.1 Å². The fourth-order valence-corrected chi connectivity index (χ4v) is 2.63. The van der Waals surface area contributed by atoms with Crippen LogP contribution < -0.4 is 10.6 Å². The number of nitrogens with one attached hydrogen (secondary N) is 2. The lowest BCUT2D eigenvalue weighted by Crippen LogP contribution is -2.28. The van der Waals surface area contributed by atoms with E-state index < -0.39 is 12.2 Å². The van der Waals surface area contributed by atoms with Gasteiger partial charge in [-0.1, -0.05) is 0 Å². The summed E-state index contributed by atoms with van der Waals surface area (Å²) in [6.07, 6.45) is -0.894. The van der Waals surface area contributed by atoms with Crippen LogP contribution in [0.4, 0.5) is 9.59 Å². The van der Waals surface area contributed by atoms with Crippen molar-refractivity contribution in [2.45, 2.75) is 54.6 Å². The summed E-state index contributed by atoms with van der Waals surface area (Å²) in [7, 11) is 0. The van der Waals surface area contributed by atoms with Gasteiger partial charge in [0.1, 0.15) is 0 Å². The second-order valence-electron chi connectivity index (χ2n) is 5.61. The predicted octanol–water partition coefficient (Wildman–Crippen LogP) is 3.41. The lowest BCUT2D eigenvalue weighted by molar-refractivity contribution is 0.150. The maximum Gasteiger partial charge on any atom is 0.407 e. The topological polar surface area (TPSA) is 76.7 Å². The van der Waals surface area contributed by atoms with Gasteiger partial charge in [-0.2, -0.15) is 0 Å². The minimum Gasteiger partial charge on any atom is -0.450 e. The van der Waals surface area contributed by atoms with Crippen LogP contribution in [-0.2, 0) is 22.6 Å². The first-order valence-electron chi connectivity index (χ1n) is 8.22.